The fourth-order valence-electron chi connectivity index (χ4n) is 1.78. The topological polar surface area (TPSA) is 84.2 Å². The first kappa shape index (κ1) is 14.9. The van der Waals surface area contributed by atoms with Crippen LogP contribution >= 0.6 is 11.6 Å². The van der Waals surface area contributed by atoms with Crippen LogP contribution in [0, 0.1) is 0 Å². The molecular formula is C15H14ClN3O2. The van der Waals surface area contributed by atoms with Gasteiger partial charge in [-0.3, -0.25) is 9.59 Å². The van der Waals surface area contributed by atoms with Crippen LogP contribution in [0.2, 0.25) is 5.02 Å². The maximum Gasteiger partial charge on any atom is 0.250 e. The zero-order valence-electron chi connectivity index (χ0n) is 11.1. The molecular weight excluding hydrogens is 290 g/mol. The van der Waals surface area contributed by atoms with E-state index in [0.717, 1.165) is 0 Å². The van der Waals surface area contributed by atoms with E-state index in [1.807, 2.05) is 0 Å². The van der Waals surface area contributed by atoms with Gasteiger partial charge < -0.3 is 16.4 Å². The summed E-state index contributed by atoms with van der Waals surface area (Å²) in [6.45, 7) is -0.00445. The van der Waals surface area contributed by atoms with E-state index < -0.39 is 5.91 Å². The number of hydrogen-bond donors (Lipinski definition) is 3. The molecule has 0 bridgehead atoms. The van der Waals surface area contributed by atoms with Gasteiger partial charge in [0.25, 0.3) is 5.91 Å². The van der Waals surface area contributed by atoms with Gasteiger partial charge >= 0.3 is 0 Å². The van der Waals surface area contributed by atoms with Gasteiger partial charge in [-0.15, -0.1) is 0 Å². The Morgan fingerprint density at radius 2 is 1.62 bits per heavy atom. The number of anilines is 2. The fraction of sp³-hybridized carbons (Fsp3) is 0.0667. The predicted molar refractivity (Wildman–Crippen MR) is 83.5 cm³/mol. The smallest absolute Gasteiger partial charge is 0.250 e. The number of carbonyl (C=O) groups excluding carboxylic acids is 2. The van der Waals surface area contributed by atoms with Crippen molar-refractivity contribution >= 4 is 34.8 Å². The second-order valence-corrected chi connectivity index (χ2v) is 4.70. The summed E-state index contributed by atoms with van der Waals surface area (Å²) in [4.78, 5) is 23.1. The maximum absolute atomic E-state index is 11.9. The highest BCUT2D eigenvalue weighted by Crippen LogP contribution is 2.20. The minimum Gasteiger partial charge on any atom is -0.376 e. The van der Waals surface area contributed by atoms with E-state index >= 15 is 0 Å². The molecule has 0 unspecified atom stereocenters. The third kappa shape index (κ3) is 3.97. The van der Waals surface area contributed by atoms with Crippen molar-refractivity contribution in [2.45, 2.75) is 0 Å². The average Bonchev–Trinajstić information content (AvgIpc) is 2.48. The molecule has 4 N–H and O–H groups in total. The van der Waals surface area contributed by atoms with Crippen LogP contribution < -0.4 is 16.4 Å². The molecule has 2 aromatic rings. The van der Waals surface area contributed by atoms with Crippen molar-refractivity contribution in [3.05, 3.63) is 59.1 Å². The number of halogens is 1. The van der Waals surface area contributed by atoms with Crippen LogP contribution in [0.25, 0.3) is 0 Å². The van der Waals surface area contributed by atoms with Gasteiger partial charge in [-0.1, -0.05) is 35.9 Å². The first-order chi connectivity index (χ1) is 10.1. The first-order valence-electron chi connectivity index (χ1n) is 6.25. The molecule has 0 radical (unpaired) electrons. The van der Waals surface area contributed by atoms with E-state index in [4.69, 9.17) is 17.3 Å². The molecule has 0 spiro atoms. The number of nitrogens with one attached hydrogen (secondary N) is 2. The molecule has 2 aromatic carbocycles. The molecule has 108 valence electrons. The molecule has 0 atom stereocenters. The Morgan fingerprint density at radius 3 is 2.29 bits per heavy atom. The number of nitrogens with two attached hydrogens (primary N) is 1. The van der Waals surface area contributed by atoms with Crippen molar-refractivity contribution < 1.29 is 9.59 Å². The summed E-state index contributed by atoms with van der Waals surface area (Å²) in [5, 5.41) is 6.02. The number of primary amides is 1. The monoisotopic (exact) mass is 303 g/mol. The molecule has 0 aliphatic carbocycles. The number of rotatable bonds is 5. The summed E-state index contributed by atoms with van der Waals surface area (Å²) in [5.41, 5.74) is 6.65. The lowest BCUT2D eigenvalue weighted by atomic mass is 10.1. The van der Waals surface area contributed by atoms with Gasteiger partial charge in [-0.25, -0.2) is 0 Å². The van der Waals surface area contributed by atoms with Gasteiger partial charge in [0, 0.05) is 5.69 Å². The van der Waals surface area contributed by atoms with Crippen LogP contribution in [0.5, 0.6) is 0 Å². The van der Waals surface area contributed by atoms with Crippen molar-refractivity contribution in [2.24, 2.45) is 5.73 Å². The lowest BCUT2D eigenvalue weighted by Gasteiger charge is -2.11. The average molecular weight is 304 g/mol. The first-order valence-corrected chi connectivity index (χ1v) is 6.63. The summed E-state index contributed by atoms with van der Waals surface area (Å²) in [5.74, 6) is -0.827. The lowest BCUT2D eigenvalue weighted by molar-refractivity contribution is -0.114. The summed E-state index contributed by atoms with van der Waals surface area (Å²) < 4.78 is 0. The van der Waals surface area contributed by atoms with Crippen LogP contribution in [0.15, 0.2) is 48.5 Å². The molecule has 0 heterocycles. The highest BCUT2D eigenvalue weighted by molar-refractivity contribution is 6.33. The number of amides is 2. The van der Waals surface area contributed by atoms with Crippen LogP contribution in [0.1, 0.15) is 10.4 Å². The van der Waals surface area contributed by atoms with Crippen molar-refractivity contribution in [1.29, 1.82) is 0 Å². The van der Waals surface area contributed by atoms with Crippen molar-refractivity contribution in [1.82, 2.24) is 0 Å². The highest BCUT2D eigenvalue weighted by Gasteiger charge is 2.09. The van der Waals surface area contributed by atoms with Gasteiger partial charge in [0.1, 0.15) is 0 Å². The largest absolute Gasteiger partial charge is 0.376 e. The quantitative estimate of drug-likeness (QED) is 0.793. The Morgan fingerprint density at radius 1 is 1.00 bits per heavy atom. The number of para-hydroxylation sites is 2. The van der Waals surface area contributed by atoms with E-state index in [1.54, 1.807) is 48.5 Å². The Bertz CT molecular complexity index is 673. The summed E-state index contributed by atoms with van der Waals surface area (Å²) in [7, 11) is 0. The Labute approximate surface area is 127 Å². The van der Waals surface area contributed by atoms with Crippen molar-refractivity contribution in [2.75, 3.05) is 17.2 Å². The van der Waals surface area contributed by atoms with Crippen molar-refractivity contribution in [3.8, 4) is 0 Å². The molecule has 0 aliphatic rings. The van der Waals surface area contributed by atoms with E-state index in [2.05, 4.69) is 10.6 Å². The molecule has 0 saturated carbocycles. The normalized spacial score (nSPS) is 9.95. The molecule has 21 heavy (non-hydrogen) atoms. The second-order valence-electron chi connectivity index (χ2n) is 4.29. The maximum atomic E-state index is 11.9. The number of hydrogen-bond acceptors (Lipinski definition) is 3. The Balaban J connectivity index is 1.99. The van der Waals surface area contributed by atoms with E-state index in [1.165, 1.54) is 0 Å². The minimum absolute atomic E-state index is 0.00445. The number of carbonyl (C=O) groups is 2. The summed E-state index contributed by atoms with van der Waals surface area (Å²) >= 11 is 5.96. The zero-order chi connectivity index (χ0) is 15.2. The predicted octanol–water partition coefficient (Wildman–Crippen LogP) is 2.49. The van der Waals surface area contributed by atoms with Crippen LogP contribution in [-0.4, -0.2) is 18.4 Å². The summed E-state index contributed by atoms with van der Waals surface area (Å²) in [6.07, 6.45) is 0. The van der Waals surface area contributed by atoms with Gasteiger partial charge in [0.2, 0.25) is 5.91 Å². The third-order valence-corrected chi connectivity index (χ3v) is 3.11. The Hall–Kier alpha value is -2.53. The van der Waals surface area contributed by atoms with Gasteiger partial charge in [0.15, 0.2) is 0 Å². The number of benzene rings is 2. The molecule has 2 amide bonds. The third-order valence-electron chi connectivity index (χ3n) is 2.78. The van der Waals surface area contributed by atoms with E-state index in [-0.39, 0.29) is 12.5 Å². The lowest BCUT2D eigenvalue weighted by Crippen LogP contribution is -2.23. The van der Waals surface area contributed by atoms with Crippen molar-refractivity contribution in [3.63, 3.8) is 0 Å². The van der Waals surface area contributed by atoms with Gasteiger partial charge in [-0.05, 0) is 24.3 Å². The molecule has 5 nitrogen and oxygen atoms in total. The van der Waals surface area contributed by atoms with E-state index in [0.29, 0.717) is 22.0 Å². The molecule has 0 fully saturated rings. The highest BCUT2D eigenvalue weighted by atomic mass is 35.5. The minimum atomic E-state index is -0.551. The van der Waals surface area contributed by atoms with Crippen LogP contribution in [0.3, 0.4) is 0 Å². The van der Waals surface area contributed by atoms with Gasteiger partial charge in [-0.2, -0.15) is 0 Å². The molecule has 2 rings (SSSR count). The Kier molecular flexibility index (Phi) is 4.79. The molecule has 0 aliphatic heterocycles. The molecule has 6 heteroatoms. The van der Waals surface area contributed by atoms with Crippen LogP contribution in [0.4, 0.5) is 11.4 Å². The molecule has 0 aromatic heterocycles. The molecule has 0 saturated heterocycles. The summed E-state index contributed by atoms with van der Waals surface area (Å²) in [6, 6.07) is 13.7. The SMILES string of the molecule is NC(=O)c1ccccc1NCC(=O)Nc1ccccc1Cl. The van der Waals surface area contributed by atoms with Crippen LogP contribution in [-0.2, 0) is 4.79 Å². The van der Waals surface area contributed by atoms with E-state index in [9.17, 15) is 9.59 Å². The second kappa shape index (κ2) is 6.76. The van der Waals surface area contributed by atoms with Gasteiger partial charge in [0.05, 0.1) is 22.8 Å². The fourth-order valence-corrected chi connectivity index (χ4v) is 1.97. The standard InChI is InChI=1S/C15H14ClN3O2/c16-11-6-2-4-8-13(11)19-14(20)9-18-12-7-3-1-5-10(12)15(17)21/h1-8,18H,9H2,(H2,17,21)(H,19,20). The zero-order valence-corrected chi connectivity index (χ0v) is 11.9.